The fourth-order valence-electron chi connectivity index (χ4n) is 2.84. The quantitative estimate of drug-likeness (QED) is 0.572. The molecule has 1 heterocycles. The van der Waals surface area contributed by atoms with Crippen LogP contribution in [0.5, 0.6) is 0 Å². The van der Waals surface area contributed by atoms with Crippen LogP contribution in [-0.4, -0.2) is 27.5 Å². The van der Waals surface area contributed by atoms with Crippen molar-refractivity contribution in [1.29, 1.82) is 0 Å². The highest BCUT2D eigenvalue weighted by Gasteiger charge is 2.28. The molecule has 20 heavy (non-hydrogen) atoms. The molecule has 2 unspecified atom stereocenters. The number of nitrogen functional groups attached to an aromatic ring is 1. The maximum absolute atomic E-state index is 5.51. The van der Waals surface area contributed by atoms with Gasteiger partial charge in [-0.3, -0.25) is 0 Å². The van der Waals surface area contributed by atoms with Crippen molar-refractivity contribution in [2.24, 2.45) is 5.84 Å². The molecule has 2 fully saturated rings. The maximum Gasteiger partial charge on any atom is 0.145 e. The average molecular weight is 293 g/mol. The van der Waals surface area contributed by atoms with Crippen LogP contribution in [-0.2, 0) is 0 Å². The van der Waals surface area contributed by atoms with E-state index in [0.29, 0.717) is 17.8 Å². The molecule has 0 spiro atoms. The fraction of sp³-hybridized carbons (Fsp3) is 0.714. The van der Waals surface area contributed by atoms with Gasteiger partial charge in [-0.05, 0) is 38.4 Å². The molecular formula is C14H23N5S. The molecular weight excluding hydrogens is 270 g/mol. The highest BCUT2D eigenvalue weighted by atomic mass is 32.2. The zero-order valence-corrected chi connectivity index (χ0v) is 12.7. The highest BCUT2D eigenvalue weighted by Crippen LogP contribution is 2.39. The number of aromatic nitrogens is 2. The van der Waals surface area contributed by atoms with E-state index in [0.717, 1.165) is 16.9 Å². The van der Waals surface area contributed by atoms with Crippen molar-refractivity contribution in [3.8, 4) is 0 Å². The van der Waals surface area contributed by atoms with E-state index in [-0.39, 0.29) is 0 Å². The Morgan fingerprint density at radius 2 is 2.00 bits per heavy atom. The first kappa shape index (κ1) is 13.9. The minimum Gasteiger partial charge on any atom is -0.367 e. The van der Waals surface area contributed by atoms with Crippen molar-refractivity contribution in [1.82, 2.24) is 9.97 Å². The second-order valence-electron chi connectivity index (χ2n) is 5.78. The topological polar surface area (TPSA) is 75.9 Å². The van der Waals surface area contributed by atoms with E-state index < -0.39 is 0 Å². The zero-order valence-electron chi connectivity index (χ0n) is 11.9. The van der Waals surface area contributed by atoms with E-state index >= 15 is 0 Å². The van der Waals surface area contributed by atoms with Gasteiger partial charge in [0.05, 0.1) is 0 Å². The van der Waals surface area contributed by atoms with Crippen LogP contribution >= 0.6 is 11.8 Å². The lowest BCUT2D eigenvalue weighted by Gasteiger charge is -2.29. The van der Waals surface area contributed by atoms with E-state index in [1.165, 1.54) is 38.5 Å². The number of hydrazine groups is 1. The molecule has 0 amide bonds. The van der Waals surface area contributed by atoms with Crippen molar-refractivity contribution in [2.45, 2.75) is 55.7 Å². The molecule has 0 aromatic carbocycles. The van der Waals surface area contributed by atoms with Crippen LogP contribution in [0, 0.1) is 0 Å². The first-order valence-corrected chi connectivity index (χ1v) is 8.72. The molecule has 4 N–H and O–H groups in total. The molecule has 1 aromatic rings. The minimum absolute atomic E-state index is 0.522. The lowest BCUT2D eigenvalue weighted by Crippen LogP contribution is -2.29. The molecule has 0 aliphatic heterocycles. The Hall–Kier alpha value is -1.01. The molecule has 3 rings (SSSR count). The van der Waals surface area contributed by atoms with Crippen LogP contribution in [0.1, 0.15) is 50.3 Å². The zero-order chi connectivity index (χ0) is 13.9. The number of hydrogen-bond acceptors (Lipinski definition) is 6. The Labute approximate surface area is 124 Å². The van der Waals surface area contributed by atoms with Gasteiger partial charge in [0.1, 0.15) is 17.5 Å². The summed E-state index contributed by atoms with van der Waals surface area (Å²) in [5.41, 5.74) is 2.65. The Kier molecular flexibility index (Phi) is 4.31. The van der Waals surface area contributed by atoms with Crippen molar-refractivity contribution in [2.75, 3.05) is 17.0 Å². The molecule has 2 aliphatic carbocycles. The first-order chi connectivity index (χ1) is 9.78. The van der Waals surface area contributed by atoms with Crippen LogP contribution in [0.3, 0.4) is 0 Å². The van der Waals surface area contributed by atoms with Crippen LogP contribution < -0.4 is 16.6 Å². The molecule has 2 aliphatic rings. The van der Waals surface area contributed by atoms with Gasteiger partial charge in [-0.25, -0.2) is 15.8 Å². The van der Waals surface area contributed by atoms with E-state index in [9.17, 15) is 0 Å². The van der Waals surface area contributed by atoms with Crippen LogP contribution in [0.4, 0.5) is 11.6 Å². The van der Waals surface area contributed by atoms with Crippen molar-refractivity contribution in [3.05, 3.63) is 11.9 Å². The normalized spacial score (nSPS) is 26.3. The number of nitrogens with two attached hydrogens (primary N) is 1. The van der Waals surface area contributed by atoms with Crippen molar-refractivity contribution in [3.63, 3.8) is 0 Å². The minimum atomic E-state index is 0.522. The van der Waals surface area contributed by atoms with Gasteiger partial charge in [0.15, 0.2) is 0 Å². The predicted octanol–water partition coefficient (Wildman–Crippen LogP) is 2.73. The van der Waals surface area contributed by atoms with E-state index in [2.05, 4.69) is 27.0 Å². The number of rotatable bonds is 5. The van der Waals surface area contributed by atoms with Gasteiger partial charge in [0.2, 0.25) is 0 Å². The fourth-order valence-corrected chi connectivity index (χ4v) is 3.66. The van der Waals surface area contributed by atoms with Crippen LogP contribution in [0.15, 0.2) is 6.07 Å². The van der Waals surface area contributed by atoms with Crippen LogP contribution in [0.25, 0.3) is 0 Å². The van der Waals surface area contributed by atoms with Crippen LogP contribution in [0.2, 0.25) is 0 Å². The Morgan fingerprint density at radius 3 is 2.70 bits per heavy atom. The molecule has 1 aromatic heterocycles. The summed E-state index contributed by atoms with van der Waals surface area (Å²) in [6.45, 7) is 0. The van der Waals surface area contributed by atoms with E-state index in [4.69, 9.17) is 5.84 Å². The second-order valence-corrected chi connectivity index (χ2v) is 6.92. The molecule has 110 valence electrons. The van der Waals surface area contributed by atoms with Gasteiger partial charge < -0.3 is 10.7 Å². The molecule has 0 bridgehead atoms. The lowest BCUT2D eigenvalue weighted by atomic mass is 9.95. The number of nitrogens with one attached hydrogen (secondary N) is 2. The van der Waals surface area contributed by atoms with Gasteiger partial charge >= 0.3 is 0 Å². The third kappa shape index (κ3) is 3.35. The van der Waals surface area contributed by atoms with Gasteiger partial charge in [-0.2, -0.15) is 11.8 Å². The Bertz CT molecular complexity index is 463. The largest absolute Gasteiger partial charge is 0.367 e. The molecule has 0 saturated heterocycles. The lowest BCUT2D eigenvalue weighted by molar-refractivity contribution is 0.472. The van der Waals surface area contributed by atoms with E-state index in [1.807, 2.05) is 17.8 Å². The number of thioether (sulfide) groups is 1. The maximum atomic E-state index is 5.51. The number of hydrogen-bond donors (Lipinski definition) is 3. The molecule has 0 radical (unpaired) electrons. The van der Waals surface area contributed by atoms with Gasteiger partial charge in [-0.15, -0.1) is 0 Å². The molecule has 5 nitrogen and oxygen atoms in total. The van der Waals surface area contributed by atoms with Crippen molar-refractivity contribution >= 4 is 23.4 Å². The Morgan fingerprint density at radius 1 is 1.20 bits per heavy atom. The van der Waals surface area contributed by atoms with Gasteiger partial charge in [0.25, 0.3) is 0 Å². The second kappa shape index (κ2) is 6.18. The monoisotopic (exact) mass is 293 g/mol. The highest BCUT2D eigenvalue weighted by molar-refractivity contribution is 7.99. The third-order valence-electron chi connectivity index (χ3n) is 4.15. The number of anilines is 2. The van der Waals surface area contributed by atoms with Gasteiger partial charge in [0, 0.05) is 23.3 Å². The third-order valence-corrected chi connectivity index (χ3v) is 5.24. The first-order valence-electron chi connectivity index (χ1n) is 7.43. The summed E-state index contributed by atoms with van der Waals surface area (Å²) >= 11 is 1.98. The summed E-state index contributed by atoms with van der Waals surface area (Å²) in [6.07, 6.45) is 9.69. The van der Waals surface area contributed by atoms with Gasteiger partial charge in [-0.1, -0.05) is 6.42 Å². The smallest absolute Gasteiger partial charge is 0.145 e. The predicted molar refractivity (Wildman–Crippen MR) is 85.0 cm³/mol. The SMILES string of the molecule is CSC1CCCC(Nc2cc(NN)nc(C3CC3)n2)C1. The average Bonchev–Trinajstić information content (AvgIpc) is 3.31. The summed E-state index contributed by atoms with van der Waals surface area (Å²) in [6, 6.07) is 2.43. The summed E-state index contributed by atoms with van der Waals surface area (Å²) in [5.74, 6) is 8.61. The molecule has 6 heteroatoms. The summed E-state index contributed by atoms with van der Waals surface area (Å²) in [7, 11) is 0. The Balaban J connectivity index is 1.71. The number of nitrogens with zero attached hydrogens (tertiary/aromatic N) is 2. The molecule has 2 atom stereocenters. The summed E-state index contributed by atoms with van der Waals surface area (Å²) in [5, 5.41) is 4.36. The van der Waals surface area contributed by atoms with Crippen molar-refractivity contribution < 1.29 is 0 Å². The molecule has 2 saturated carbocycles. The standard InChI is InChI=1S/C14H23N5S/c1-20-11-4-2-3-10(7-11)16-12-8-13(19-15)18-14(17-12)9-5-6-9/h8-11H,2-7,15H2,1H3,(H2,16,17,18,19). The summed E-state index contributed by atoms with van der Waals surface area (Å²) < 4.78 is 0. The summed E-state index contributed by atoms with van der Waals surface area (Å²) in [4.78, 5) is 9.11. The van der Waals surface area contributed by atoms with E-state index in [1.54, 1.807) is 0 Å².